The van der Waals surface area contributed by atoms with Crippen molar-refractivity contribution in [2.75, 3.05) is 19.6 Å². The summed E-state index contributed by atoms with van der Waals surface area (Å²) in [6.07, 6.45) is 8.27. The molecule has 2 N–H and O–H groups in total. The van der Waals surface area contributed by atoms with Crippen molar-refractivity contribution in [2.45, 2.75) is 65.3 Å². The van der Waals surface area contributed by atoms with Crippen LogP contribution in [0.5, 0.6) is 0 Å². The van der Waals surface area contributed by atoms with Gasteiger partial charge in [-0.25, -0.2) is 0 Å². The summed E-state index contributed by atoms with van der Waals surface area (Å²) in [5.41, 5.74) is 5.60. The van der Waals surface area contributed by atoms with Crippen LogP contribution in [0.3, 0.4) is 0 Å². The topological polar surface area (TPSA) is 29.3 Å². The monoisotopic (exact) mass is 214 g/mol. The predicted molar refractivity (Wildman–Crippen MR) is 69.1 cm³/mol. The highest BCUT2D eigenvalue weighted by Gasteiger charge is 2.06. The highest BCUT2D eigenvalue weighted by Crippen LogP contribution is 2.07. The number of unbranched alkanes of at least 4 members (excludes halogenated alkanes) is 5. The Morgan fingerprint density at radius 2 is 1.53 bits per heavy atom. The van der Waals surface area contributed by atoms with Gasteiger partial charge in [0.15, 0.2) is 0 Å². The molecule has 0 aromatic rings. The summed E-state index contributed by atoms with van der Waals surface area (Å²) in [4.78, 5) is 2.49. The lowest BCUT2D eigenvalue weighted by atomic mass is 10.1. The Labute approximate surface area is 96.2 Å². The van der Waals surface area contributed by atoms with E-state index < -0.39 is 0 Å². The lowest BCUT2D eigenvalue weighted by Crippen LogP contribution is -2.36. The van der Waals surface area contributed by atoms with Crippen LogP contribution in [0.2, 0.25) is 0 Å². The van der Waals surface area contributed by atoms with Crippen LogP contribution in [-0.2, 0) is 0 Å². The molecule has 0 aliphatic carbocycles. The van der Waals surface area contributed by atoms with E-state index in [-0.39, 0.29) is 0 Å². The average molecular weight is 214 g/mol. The van der Waals surface area contributed by atoms with Crippen molar-refractivity contribution in [3.63, 3.8) is 0 Å². The molecule has 0 heterocycles. The van der Waals surface area contributed by atoms with Gasteiger partial charge < -0.3 is 5.73 Å². The molecule has 0 unspecified atom stereocenters. The summed E-state index contributed by atoms with van der Waals surface area (Å²) in [6.45, 7) is 9.84. The Hall–Kier alpha value is -0.0800. The van der Waals surface area contributed by atoms with Crippen LogP contribution in [0.25, 0.3) is 0 Å². The van der Waals surface area contributed by atoms with Crippen molar-refractivity contribution >= 4 is 0 Å². The molecule has 0 saturated heterocycles. The average Bonchev–Trinajstić information content (AvgIpc) is 2.21. The smallest absolute Gasteiger partial charge is 0.0107 e. The lowest BCUT2D eigenvalue weighted by molar-refractivity contribution is 0.223. The van der Waals surface area contributed by atoms with Gasteiger partial charge in [0.1, 0.15) is 0 Å². The summed E-state index contributed by atoms with van der Waals surface area (Å²) in [5.74, 6) is 0. The molecule has 0 aliphatic heterocycles. The summed E-state index contributed by atoms with van der Waals surface area (Å²) in [7, 11) is 0. The maximum Gasteiger partial charge on any atom is 0.0107 e. The van der Waals surface area contributed by atoms with E-state index >= 15 is 0 Å². The minimum absolute atomic E-state index is 0.643. The van der Waals surface area contributed by atoms with Crippen molar-refractivity contribution in [1.29, 1.82) is 0 Å². The van der Waals surface area contributed by atoms with E-state index in [4.69, 9.17) is 5.73 Å². The van der Waals surface area contributed by atoms with Gasteiger partial charge in [-0.15, -0.1) is 0 Å². The second kappa shape index (κ2) is 10.4. The van der Waals surface area contributed by atoms with Crippen molar-refractivity contribution < 1.29 is 0 Å². The molecule has 0 bridgehead atoms. The molecule has 0 saturated carbocycles. The molecule has 0 spiro atoms. The Balaban J connectivity index is 3.37. The third kappa shape index (κ3) is 8.88. The van der Waals surface area contributed by atoms with E-state index in [1.165, 1.54) is 45.1 Å². The first-order chi connectivity index (χ1) is 7.22. The quantitative estimate of drug-likeness (QED) is 0.566. The number of rotatable bonds is 10. The number of hydrogen-bond donors (Lipinski definition) is 1. The van der Waals surface area contributed by atoms with E-state index in [1.807, 2.05) is 0 Å². The van der Waals surface area contributed by atoms with E-state index in [0.29, 0.717) is 6.04 Å². The third-order valence-electron chi connectivity index (χ3n) is 2.95. The molecule has 0 atom stereocenters. The molecule has 2 nitrogen and oxygen atoms in total. The number of nitrogens with zero attached hydrogens (tertiary/aromatic N) is 1. The molecule has 0 amide bonds. The summed E-state index contributed by atoms with van der Waals surface area (Å²) >= 11 is 0. The van der Waals surface area contributed by atoms with Crippen molar-refractivity contribution in [1.82, 2.24) is 4.90 Å². The molecule has 92 valence electrons. The van der Waals surface area contributed by atoms with Gasteiger partial charge in [0.25, 0.3) is 0 Å². The van der Waals surface area contributed by atoms with Gasteiger partial charge in [-0.05, 0) is 26.8 Å². The third-order valence-corrected chi connectivity index (χ3v) is 2.95. The largest absolute Gasteiger partial charge is 0.329 e. The number of nitrogens with two attached hydrogens (primary N) is 1. The van der Waals surface area contributed by atoms with E-state index in [0.717, 1.165) is 13.1 Å². The van der Waals surface area contributed by atoms with Crippen molar-refractivity contribution in [3.8, 4) is 0 Å². The lowest BCUT2D eigenvalue weighted by Gasteiger charge is -2.25. The molecular formula is C13H30N2. The van der Waals surface area contributed by atoms with E-state index in [9.17, 15) is 0 Å². The van der Waals surface area contributed by atoms with Crippen molar-refractivity contribution in [2.24, 2.45) is 5.73 Å². The van der Waals surface area contributed by atoms with Gasteiger partial charge >= 0.3 is 0 Å². The van der Waals surface area contributed by atoms with Gasteiger partial charge in [-0.1, -0.05) is 39.0 Å². The van der Waals surface area contributed by atoms with E-state index in [2.05, 4.69) is 25.7 Å². The zero-order chi connectivity index (χ0) is 11.5. The molecule has 0 aromatic carbocycles. The second-order valence-electron chi connectivity index (χ2n) is 4.69. The molecule has 0 fully saturated rings. The second-order valence-corrected chi connectivity index (χ2v) is 4.69. The number of hydrogen-bond acceptors (Lipinski definition) is 2. The fraction of sp³-hybridized carbons (Fsp3) is 1.00. The minimum Gasteiger partial charge on any atom is -0.329 e. The van der Waals surface area contributed by atoms with Crippen LogP contribution in [0, 0.1) is 0 Å². The molecule has 15 heavy (non-hydrogen) atoms. The van der Waals surface area contributed by atoms with Crippen LogP contribution >= 0.6 is 0 Å². The maximum absolute atomic E-state index is 5.60. The van der Waals surface area contributed by atoms with Crippen LogP contribution in [0.15, 0.2) is 0 Å². The highest BCUT2D eigenvalue weighted by atomic mass is 15.1. The first-order valence-corrected chi connectivity index (χ1v) is 6.66. The molecular weight excluding hydrogens is 184 g/mol. The standard InChI is InChI=1S/C13H30N2/c1-4-5-6-7-8-9-11-15(12-10-14)13(2)3/h13H,4-12,14H2,1-3H3. The molecule has 0 rings (SSSR count). The van der Waals surface area contributed by atoms with Crippen LogP contribution in [0.1, 0.15) is 59.3 Å². The van der Waals surface area contributed by atoms with Crippen LogP contribution < -0.4 is 5.73 Å². The zero-order valence-corrected chi connectivity index (χ0v) is 11.0. The maximum atomic E-state index is 5.60. The van der Waals surface area contributed by atoms with Crippen LogP contribution in [-0.4, -0.2) is 30.6 Å². The van der Waals surface area contributed by atoms with Gasteiger partial charge in [-0.2, -0.15) is 0 Å². The Morgan fingerprint density at radius 3 is 2.07 bits per heavy atom. The summed E-state index contributed by atoms with van der Waals surface area (Å²) in [5, 5.41) is 0. The minimum atomic E-state index is 0.643. The van der Waals surface area contributed by atoms with Gasteiger partial charge in [-0.3, -0.25) is 4.90 Å². The fourth-order valence-corrected chi connectivity index (χ4v) is 1.89. The zero-order valence-electron chi connectivity index (χ0n) is 11.0. The Kier molecular flexibility index (Phi) is 10.4. The SMILES string of the molecule is CCCCCCCCN(CCN)C(C)C. The molecule has 0 aliphatic rings. The predicted octanol–water partition coefficient (Wildman–Crippen LogP) is 3.02. The Morgan fingerprint density at radius 1 is 0.933 bits per heavy atom. The van der Waals surface area contributed by atoms with E-state index in [1.54, 1.807) is 0 Å². The first-order valence-electron chi connectivity index (χ1n) is 6.66. The Bertz CT molecular complexity index is 124. The summed E-state index contributed by atoms with van der Waals surface area (Å²) < 4.78 is 0. The fourth-order valence-electron chi connectivity index (χ4n) is 1.89. The van der Waals surface area contributed by atoms with Gasteiger partial charge in [0.05, 0.1) is 0 Å². The molecule has 2 heteroatoms. The first kappa shape index (κ1) is 14.9. The van der Waals surface area contributed by atoms with Crippen LogP contribution in [0.4, 0.5) is 0 Å². The normalized spacial score (nSPS) is 11.6. The van der Waals surface area contributed by atoms with Crippen molar-refractivity contribution in [3.05, 3.63) is 0 Å². The molecule has 0 aromatic heterocycles. The summed E-state index contributed by atoms with van der Waals surface area (Å²) in [6, 6.07) is 0.643. The van der Waals surface area contributed by atoms with Gasteiger partial charge in [0, 0.05) is 19.1 Å². The highest BCUT2D eigenvalue weighted by molar-refractivity contribution is 4.63. The molecule has 0 radical (unpaired) electrons. The van der Waals surface area contributed by atoms with Gasteiger partial charge in [0.2, 0.25) is 0 Å².